The van der Waals surface area contributed by atoms with Gasteiger partial charge in [-0.1, -0.05) is 6.07 Å². The molecule has 0 saturated carbocycles. The van der Waals surface area contributed by atoms with Gasteiger partial charge < -0.3 is 27.6 Å². The zero-order valence-corrected chi connectivity index (χ0v) is 15.4. The predicted octanol–water partition coefficient (Wildman–Crippen LogP) is 0.253. The molecule has 9 heteroatoms. The van der Waals surface area contributed by atoms with Crippen LogP contribution in [-0.4, -0.2) is 41.7 Å². The SMILES string of the molecule is Cc1ccc([N+](=O)[O-])c2c(NCCC[N+](C)(C)[O-])ccnc12.Cl.[Cl-]. The molecule has 1 aromatic heterocycles. The second-order valence-electron chi connectivity index (χ2n) is 5.82. The van der Waals surface area contributed by atoms with Crippen LogP contribution in [0.5, 0.6) is 0 Å². The third-order valence-corrected chi connectivity index (χ3v) is 3.46. The molecule has 0 atom stereocenters. The van der Waals surface area contributed by atoms with Gasteiger partial charge in [0.15, 0.2) is 0 Å². The number of nitro benzene ring substituents is 1. The van der Waals surface area contributed by atoms with Gasteiger partial charge in [0.25, 0.3) is 5.69 Å². The third kappa shape index (κ3) is 5.45. The molecule has 0 bridgehead atoms. The number of aryl methyl sites for hydroxylation is 1. The van der Waals surface area contributed by atoms with Crippen LogP contribution in [0.25, 0.3) is 10.9 Å². The summed E-state index contributed by atoms with van der Waals surface area (Å²) in [6.45, 7) is 2.94. The average molecular weight is 376 g/mol. The van der Waals surface area contributed by atoms with Gasteiger partial charge in [0.05, 0.1) is 36.8 Å². The molecule has 0 aliphatic carbocycles. The Morgan fingerprint density at radius 2 is 1.96 bits per heavy atom. The Labute approximate surface area is 153 Å². The van der Waals surface area contributed by atoms with Crippen molar-refractivity contribution in [2.24, 2.45) is 0 Å². The first kappa shape index (κ1) is 22.3. The molecular weight excluding hydrogens is 355 g/mol. The predicted molar refractivity (Wildman–Crippen MR) is 93.8 cm³/mol. The summed E-state index contributed by atoms with van der Waals surface area (Å²) in [7, 11) is 3.19. The number of benzene rings is 1. The fraction of sp³-hybridized carbons (Fsp3) is 0.400. The van der Waals surface area contributed by atoms with Gasteiger partial charge >= 0.3 is 0 Å². The van der Waals surface area contributed by atoms with Gasteiger partial charge in [-0.25, -0.2) is 0 Å². The summed E-state index contributed by atoms with van der Waals surface area (Å²) >= 11 is 0. The molecule has 1 N–H and O–H groups in total. The molecule has 2 aromatic rings. The number of nitrogens with zero attached hydrogens (tertiary/aromatic N) is 3. The largest absolute Gasteiger partial charge is 1.00 e. The Bertz CT molecular complexity index is 705. The number of rotatable bonds is 6. The molecule has 2 rings (SSSR count). The van der Waals surface area contributed by atoms with Crippen LogP contribution in [0, 0.1) is 22.2 Å². The van der Waals surface area contributed by atoms with Gasteiger partial charge in [0.2, 0.25) is 0 Å². The number of hydrogen-bond acceptors (Lipinski definition) is 5. The van der Waals surface area contributed by atoms with Crippen LogP contribution in [0.2, 0.25) is 0 Å². The summed E-state index contributed by atoms with van der Waals surface area (Å²) in [4.78, 5) is 15.1. The van der Waals surface area contributed by atoms with Gasteiger partial charge in [-0.3, -0.25) is 15.1 Å². The Kier molecular flexibility index (Phi) is 8.36. The minimum Gasteiger partial charge on any atom is -1.00 e. The van der Waals surface area contributed by atoms with Crippen molar-refractivity contribution in [3.8, 4) is 0 Å². The quantitative estimate of drug-likeness (QED) is 0.338. The number of anilines is 1. The Balaban J connectivity index is 0.00000264. The standard InChI is InChI=1S/C15H20N4O3.2ClH/c1-11-5-6-13(18(20)21)14-12(7-9-17-15(11)14)16-8-4-10-19(2,3)22;;/h5-7,9H,4,8,10H2,1-3H3,(H,16,17);2*1H/p-1. The lowest BCUT2D eigenvalue weighted by Gasteiger charge is -2.33. The molecule has 0 aliphatic heterocycles. The minimum atomic E-state index is -0.397. The highest BCUT2D eigenvalue weighted by molar-refractivity contribution is 6.00. The number of fused-ring (bicyclic) bond motifs is 1. The molecule has 1 aromatic carbocycles. The highest BCUT2D eigenvalue weighted by atomic mass is 35.5. The normalized spacial score (nSPS) is 10.7. The Hall–Kier alpha value is -1.67. The number of halogens is 2. The molecule has 0 unspecified atom stereocenters. The Morgan fingerprint density at radius 3 is 2.54 bits per heavy atom. The molecule has 1 heterocycles. The van der Waals surface area contributed by atoms with E-state index >= 15 is 0 Å². The van der Waals surface area contributed by atoms with E-state index in [9.17, 15) is 15.3 Å². The summed E-state index contributed by atoms with van der Waals surface area (Å²) in [6, 6.07) is 4.93. The van der Waals surface area contributed by atoms with E-state index in [1.54, 1.807) is 32.4 Å². The molecular formula is C15H21Cl2N4O3-. The smallest absolute Gasteiger partial charge is 0.280 e. The molecule has 7 nitrogen and oxygen atoms in total. The van der Waals surface area contributed by atoms with Crippen LogP contribution in [-0.2, 0) is 0 Å². The maximum absolute atomic E-state index is 11.5. The molecule has 0 spiro atoms. The molecule has 0 saturated heterocycles. The van der Waals surface area contributed by atoms with Crippen molar-refractivity contribution in [2.45, 2.75) is 13.3 Å². The molecule has 0 amide bonds. The van der Waals surface area contributed by atoms with Crippen molar-refractivity contribution < 1.29 is 22.0 Å². The van der Waals surface area contributed by atoms with E-state index in [-0.39, 0.29) is 35.1 Å². The van der Waals surface area contributed by atoms with Gasteiger partial charge in [-0.2, -0.15) is 0 Å². The molecule has 0 aliphatic rings. The molecule has 134 valence electrons. The van der Waals surface area contributed by atoms with Crippen LogP contribution in [0.1, 0.15) is 12.0 Å². The summed E-state index contributed by atoms with van der Waals surface area (Å²) in [6.07, 6.45) is 2.31. The second-order valence-corrected chi connectivity index (χ2v) is 5.82. The van der Waals surface area contributed by atoms with Crippen molar-refractivity contribution >= 4 is 34.7 Å². The topological polar surface area (TPSA) is 91.1 Å². The number of nitro groups is 1. The first-order valence-electron chi connectivity index (χ1n) is 7.10. The van der Waals surface area contributed by atoms with Crippen molar-refractivity contribution in [2.75, 3.05) is 32.5 Å². The Morgan fingerprint density at radius 1 is 1.29 bits per heavy atom. The van der Waals surface area contributed by atoms with E-state index < -0.39 is 4.92 Å². The summed E-state index contributed by atoms with van der Waals surface area (Å²) in [5, 5.41) is 26.5. The summed E-state index contributed by atoms with van der Waals surface area (Å²) in [5.41, 5.74) is 2.23. The van der Waals surface area contributed by atoms with Crippen LogP contribution in [0.3, 0.4) is 0 Å². The van der Waals surface area contributed by atoms with Crippen molar-refractivity contribution in [3.63, 3.8) is 0 Å². The summed E-state index contributed by atoms with van der Waals surface area (Å²) < 4.78 is -0.349. The van der Waals surface area contributed by atoms with Gasteiger partial charge in [0.1, 0.15) is 5.39 Å². The zero-order chi connectivity index (χ0) is 16.3. The highest BCUT2D eigenvalue weighted by Crippen LogP contribution is 2.32. The van der Waals surface area contributed by atoms with E-state index in [1.807, 2.05) is 6.92 Å². The van der Waals surface area contributed by atoms with Crippen molar-refractivity contribution in [3.05, 3.63) is 45.3 Å². The number of aromatic nitrogens is 1. The van der Waals surface area contributed by atoms with E-state index in [4.69, 9.17) is 0 Å². The fourth-order valence-electron chi connectivity index (χ4n) is 2.37. The van der Waals surface area contributed by atoms with Crippen LogP contribution in [0.15, 0.2) is 24.4 Å². The maximum Gasteiger partial charge on any atom is 0.280 e. The fourth-order valence-corrected chi connectivity index (χ4v) is 2.37. The molecule has 0 fully saturated rings. The number of quaternary nitrogens is 1. The van der Waals surface area contributed by atoms with Gasteiger partial charge in [-0.05, 0) is 18.6 Å². The average Bonchev–Trinajstić information content (AvgIpc) is 2.43. The number of hydrogen-bond donors (Lipinski definition) is 1. The third-order valence-electron chi connectivity index (χ3n) is 3.46. The first-order chi connectivity index (χ1) is 10.3. The lowest BCUT2D eigenvalue weighted by atomic mass is 10.1. The van der Waals surface area contributed by atoms with Crippen molar-refractivity contribution in [1.29, 1.82) is 0 Å². The number of nitrogens with one attached hydrogen (secondary N) is 1. The second kappa shape index (κ2) is 8.98. The maximum atomic E-state index is 11.5. The van der Waals surface area contributed by atoms with E-state index in [0.717, 1.165) is 5.56 Å². The number of non-ortho nitro benzene ring substituents is 1. The van der Waals surface area contributed by atoms with Crippen molar-refractivity contribution in [1.82, 2.24) is 4.98 Å². The van der Waals surface area contributed by atoms with E-state index in [1.165, 1.54) is 6.07 Å². The monoisotopic (exact) mass is 375 g/mol. The number of hydroxylamine groups is 3. The molecule has 24 heavy (non-hydrogen) atoms. The van der Waals surface area contributed by atoms with E-state index in [0.29, 0.717) is 36.1 Å². The minimum absolute atomic E-state index is 0. The lowest BCUT2D eigenvalue weighted by molar-refractivity contribution is -0.839. The highest BCUT2D eigenvalue weighted by Gasteiger charge is 2.17. The van der Waals surface area contributed by atoms with E-state index in [2.05, 4.69) is 10.3 Å². The lowest BCUT2D eigenvalue weighted by Crippen LogP contribution is -3.00. The van der Waals surface area contributed by atoms with Gasteiger partial charge in [0, 0.05) is 25.2 Å². The first-order valence-corrected chi connectivity index (χ1v) is 7.10. The van der Waals surface area contributed by atoms with Gasteiger partial charge in [-0.15, -0.1) is 12.4 Å². The van der Waals surface area contributed by atoms with Crippen LogP contribution in [0.4, 0.5) is 11.4 Å². The number of pyridine rings is 1. The van der Waals surface area contributed by atoms with Crippen LogP contribution >= 0.6 is 12.4 Å². The zero-order valence-electron chi connectivity index (χ0n) is 13.8. The summed E-state index contributed by atoms with van der Waals surface area (Å²) in [5.74, 6) is 0. The van der Waals surface area contributed by atoms with Crippen LogP contribution < -0.4 is 17.7 Å². The molecule has 0 radical (unpaired) electrons.